The van der Waals surface area contributed by atoms with Crippen molar-refractivity contribution in [1.82, 2.24) is 4.98 Å². The van der Waals surface area contributed by atoms with Crippen LogP contribution < -0.4 is 0 Å². The second kappa shape index (κ2) is 6.18. The maximum absolute atomic E-state index is 12.1. The third-order valence-corrected chi connectivity index (χ3v) is 2.65. The van der Waals surface area contributed by atoms with E-state index in [2.05, 4.69) is 9.72 Å². The fraction of sp³-hybridized carbons (Fsp3) is 0.500. The van der Waals surface area contributed by atoms with E-state index in [1.165, 1.54) is 7.11 Å². The van der Waals surface area contributed by atoms with Crippen LogP contribution in [0.3, 0.4) is 0 Å². The quantitative estimate of drug-likeness (QED) is 0.926. The monoisotopic (exact) mass is 291 g/mol. The first-order valence-electron chi connectivity index (χ1n) is 4.11. The number of hydrogen-bond donors (Lipinski definition) is 1. The van der Waals surface area contributed by atoms with Gasteiger partial charge in [0.25, 0.3) is 0 Å². The number of carboxylic acid groups (broad SMARTS) is 1. The van der Waals surface area contributed by atoms with Gasteiger partial charge in [0.1, 0.15) is 9.88 Å². The van der Waals surface area contributed by atoms with E-state index in [4.69, 9.17) is 5.11 Å². The zero-order valence-corrected chi connectivity index (χ0v) is 10.2. The first-order valence-corrected chi connectivity index (χ1v) is 4.92. The Bertz CT molecular complexity index is 394. The molecule has 1 aromatic heterocycles. The lowest BCUT2D eigenvalue weighted by Gasteiger charge is -2.01. The van der Waals surface area contributed by atoms with Crippen LogP contribution in [0.1, 0.15) is 20.4 Å². The number of nitrogens with zero attached hydrogens (tertiary/aromatic N) is 1. The number of rotatable bonds is 4. The largest absolute Gasteiger partial charge is 0.477 e. The molecule has 0 bridgehead atoms. The standard InChI is InChI=1S/C8H8F3NO3S.ClH/c1-15-3-4-6(7(13)14)16-5(12-4)2-8(9,10)11;/h2-3H2,1H3,(H,13,14);1H. The topological polar surface area (TPSA) is 59.4 Å². The third kappa shape index (κ3) is 4.88. The van der Waals surface area contributed by atoms with Gasteiger partial charge in [-0.3, -0.25) is 0 Å². The van der Waals surface area contributed by atoms with E-state index in [1.807, 2.05) is 0 Å². The average molecular weight is 292 g/mol. The van der Waals surface area contributed by atoms with Crippen LogP contribution in [0.5, 0.6) is 0 Å². The molecule has 9 heteroatoms. The highest BCUT2D eigenvalue weighted by molar-refractivity contribution is 7.13. The predicted octanol–water partition coefficient (Wildman–Crippen LogP) is 2.51. The molecule has 1 rings (SSSR count). The van der Waals surface area contributed by atoms with Crippen LogP contribution in [0, 0.1) is 0 Å². The summed E-state index contributed by atoms with van der Waals surface area (Å²) in [5, 5.41) is 8.47. The van der Waals surface area contributed by atoms with Crippen LogP contribution >= 0.6 is 23.7 Å². The first kappa shape index (κ1) is 16.1. The van der Waals surface area contributed by atoms with Crippen molar-refractivity contribution in [2.75, 3.05) is 7.11 Å². The van der Waals surface area contributed by atoms with Crippen molar-refractivity contribution in [1.29, 1.82) is 0 Å². The van der Waals surface area contributed by atoms with E-state index in [9.17, 15) is 18.0 Å². The van der Waals surface area contributed by atoms with Gasteiger partial charge in [-0.2, -0.15) is 13.2 Å². The fourth-order valence-corrected chi connectivity index (χ4v) is 1.99. The molecule has 0 spiro atoms. The number of carboxylic acids is 1. The molecule has 17 heavy (non-hydrogen) atoms. The summed E-state index contributed by atoms with van der Waals surface area (Å²) in [5.74, 6) is -1.29. The van der Waals surface area contributed by atoms with Gasteiger partial charge in [-0.05, 0) is 0 Å². The summed E-state index contributed by atoms with van der Waals surface area (Å²) in [6.45, 7) is -0.115. The number of thiazole rings is 1. The fourth-order valence-electron chi connectivity index (χ4n) is 1.05. The minimum absolute atomic E-state index is 0. The van der Waals surface area contributed by atoms with Gasteiger partial charge < -0.3 is 9.84 Å². The number of ether oxygens (including phenoxy) is 1. The van der Waals surface area contributed by atoms with Crippen LogP contribution in [-0.4, -0.2) is 29.3 Å². The zero-order chi connectivity index (χ0) is 12.3. The van der Waals surface area contributed by atoms with Gasteiger partial charge in [-0.25, -0.2) is 9.78 Å². The van der Waals surface area contributed by atoms with E-state index in [0.717, 1.165) is 0 Å². The summed E-state index contributed by atoms with van der Waals surface area (Å²) < 4.78 is 40.8. The molecule has 0 fully saturated rings. The minimum atomic E-state index is -4.39. The molecule has 4 nitrogen and oxygen atoms in total. The molecule has 0 aromatic carbocycles. The lowest BCUT2D eigenvalue weighted by Crippen LogP contribution is -2.11. The molecule has 1 aromatic rings. The Morgan fingerprint density at radius 2 is 2.12 bits per heavy atom. The van der Waals surface area contributed by atoms with Crippen LogP contribution in [-0.2, 0) is 17.8 Å². The maximum Gasteiger partial charge on any atom is 0.395 e. The Labute approximate surface area is 105 Å². The molecule has 98 valence electrons. The van der Waals surface area contributed by atoms with Crippen molar-refractivity contribution in [2.45, 2.75) is 19.2 Å². The van der Waals surface area contributed by atoms with Gasteiger partial charge in [0.05, 0.1) is 18.7 Å². The van der Waals surface area contributed by atoms with Gasteiger partial charge >= 0.3 is 12.1 Å². The number of halogens is 4. The van der Waals surface area contributed by atoms with Gasteiger partial charge in [-0.15, -0.1) is 23.7 Å². The normalized spacial score (nSPS) is 11.1. The van der Waals surface area contributed by atoms with Crippen LogP contribution in [0.2, 0.25) is 0 Å². The van der Waals surface area contributed by atoms with Crippen LogP contribution in [0.15, 0.2) is 0 Å². The minimum Gasteiger partial charge on any atom is -0.477 e. The van der Waals surface area contributed by atoms with Crippen LogP contribution in [0.25, 0.3) is 0 Å². The number of aromatic carboxylic acids is 1. The van der Waals surface area contributed by atoms with Crippen LogP contribution in [0.4, 0.5) is 13.2 Å². The molecule has 0 saturated carbocycles. The molecule has 0 unspecified atom stereocenters. The molecular weight excluding hydrogens is 283 g/mol. The smallest absolute Gasteiger partial charge is 0.395 e. The zero-order valence-electron chi connectivity index (χ0n) is 8.58. The van der Waals surface area contributed by atoms with Crippen molar-refractivity contribution in [3.8, 4) is 0 Å². The lowest BCUT2D eigenvalue weighted by atomic mass is 10.3. The first-order chi connectivity index (χ1) is 7.33. The molecule has 0 saturated heterocycles. The lowest BCUT2D eigenvalue weighted by molar-refractivity contribution is -0.127. The van der Waals surface area contributed by atoms with E-state index >= 15 is 0 Å². The number of aromatic nitrogens is 1. The highest BCUT2D eigenvalue weighted by atomic mass is 35.5. The van der Waals surface area contributed by atoms with Crippen molar-refractivity contribution in [3.63, 3.8) is 0 Å². The van der Waals surface area contributed by atoms with E-state index in [0.29, 0.717) is 11.3 Å². The summed E-state index contributed by atoms with van der Waals surface area (Å²) in [7, 11) is 1.31. The van der Waals surface area contributed by atoms with Gasteiger partial charge in [0, 0.05) is 7.11 Å². The summed E-state index contributed by atoms with van der Waals surface area (Å²) in [4.78, 5) is 14.1. The Balaban J connectivity index is 0.00000256. The summed E-state index contributed by atoms with van der Waals surface area (Å²) in [6, 6.07) is 0. The van der Waals surface area contributed by atoms with Crippen molar-refractivity contribution in [2.24, 2.45) is 0 Å². The van der Waals surface area contributed by atoms with Gasteiger partial charge in [0.2, 0.25) is 0 Å². The Kier molecular flexibility index (Phi) is 5.86. The molecule has 0 aliphatic heterocycles. The highest BCUT2D eigenvalue weighted by Gasteiger charge is 2.31. The van der Waals surface area contributed by atoms with E-state index in [-0.39, 0.29) is 34.6 Å². The Morgan fingerprint density at radius 3 is 2.53 bits per heavy atom. The summed E-state index contributed by atoms with van der Waals surface area (Å²) in [5.41, 5.74) is 0.0271. The SMILES string of the molecule is COCc1nc(CC(F)(F)F)sc1C(=O)O.Cl. The highest BCUT2D eigenvalue weighted by Crippen LogP contribution is 2.26. The molecule has 0 amide bonds. The summed E-state index contributed by atoms with van der Waals surface area (Å²) >= 11 is 0.524. The average Bonchev–Trinajstić information content (AvgIpc) is 2.45. The summed E-state index contributed by atoms with van der Waals surface area (Å²) in [6.07, 6.45) is -5.61. The van der Waals surface area contributed by atoms with Gasteiger partial charge in [0.15, 0.2) is 0 Å². The Hall–Kier alpha value is -0.860. The molecule has 0 aliphatic carbocycles. The van der Waals surface area contributed by atoms with Gasteiger partial charge in [-0.1, -0.05) is 0 Å². The predicted molar refractivity (Wildman–Crippen MR) is 56.8 cm³/mol. The van der Waals surface area contributed by atoms with Crippen molar-refractivity contribution in [3.05, 3.63) is 15.6 Å². The van der Waals surface area contributed by atoms with E-state index in [1.54, 1.807) is 0 Å². The van der Waals surface area contributed by atoms with E-state index < -0.39 is 18.6 Å². The molecular formula is C8H9ClF3NO3S. The molecule has 0 radical (unpaired) electrons. The molecule has 0 aliphatic rings. The molecule has 0 atom stereocenters. The number of alkyl halides is 3. The second-order valence-electron chi connectivity index (χ2n) is 2.91. The molecule has 1 heterocycles. The number of hydrogen-bond acceptors (Lipinski definition) is 4. The third-order valence-electron chi connectivity index (χ3n) is 1.57. The number of carbonyl (C=O) groups is 1. The molecule has 1 N–H and O–H groups in total. The van der Waals surface area contributed by atoms with Crippen molar-refractivity contribution >= 4 is 29.7 Å². The number of methoxy groups -OCH3 is 1. The van der Waals surface area contributed by atoms with Crippen molar-refractivity contribution < 1.29 is 27.8 Å². The Morgan fingerprint density at radius 1 is 1.53 bits per heavy atom. The maximum atomic E-state index is 12.1. The second-order valence-corrected chi connectivity index (χ2v) is 4.00.